The molecule has 0 aliphatic rings. The maximum atomic E-state index is 12.1. The summed E-state index contributed by atoms with van der Waals surface area (Å²) in [5, 5.41) is 14.5. The minimum Gasteiger partial charge on any atom is -0.497 e. The summed E-state index contributed by atoms with van der Waals surface area (Å²) < 4.78 is 5.25. The number of carboxylic acids is 1. The minimum absolute atomic E-state index is 0.221. The van der Waals surface area contributed by atoms with E-state index < -0.39 is 5.97 Å². The van der Waals surface area contributed by atoms with Gasteiger partial charge in [0.1, 0.15) is 5.75 Å². The summed E-state index contributed by atoms with van der Waals surface area (Å²) in [4.78, 5) is 22.9. The first kappa shape index (κ1) is 19.3. The fourth-order valence-corrected chi connectivity index (χ4v) is 2.46. The molecule has 0 aliphatic carbocycles. The van der Waals surface area contributed by atoms with Gasteiger partial charge < -0.3 is 20.5 Å². The lowest BCUT2D eigenvalue weighted by atomic mass is 9.84. The molecule has 6 heteroatoms. The van der Waals surface area contributed by atoms with Gasteiger partial charge in [0.05, 0.1) is 12.7 Å². The molecular formula is C20H24N2O4. The number of nitrogens with one attached hydrogen (secondary N) is 2. The topological polar surface area (TPSA) is 87.7 Å². The number of amides is 2. The van der Waals surface area contributed by atoms with Crippen molar-refractivity contribution in [1.29, 1.82) is 0 Å². The van der Waals surface area contributed by atoms with Crippen LogP contribution in [0.1, 0.15) is 35.3 Å². The third-order valence-corrected chi connectivity index (χ3v) is 4.20. The molecule has 0 unspecified atom stereocenters. The van der Waals surface area contributed by atoms with E-state index in [4.69, 9.17) is 9.84 Å². The Morgan fingerprint density at radius 3 is 2.38 bits per heavy atom. The molecule has 6 nitrogen and oxygen atoms in total. The number of benzene rings is 2. The molecule has 0 spiro atoms. The molecule has 0 aromatic heterocycles. The van der Waals surface area contributed by atoms with Crippen molar-refractivity contribution in [3.63, 3.8) is 0 Å². The van der Waals surface area contributed by atoms with Gasteiger partial charge in [-0.1, -0.05) is 38.1 Å². The molecule has 0 fully saturated rings. The first-order valence-electron chi connectivity index (χ1n) is 8.30. The summed E-state index contributed by atoms with van der Waals surface area (Å²) in [7, 11) is 1.63. The molecule has 0 aliphatic heterocycles. The number of aromatic carboxylic acids is 1. The van der Waals surface area contributed by atoms with Crippen LogP contribution in [0.25, 0.3) is 0 Å². The second-order valence-corrected chi connectivity index (χ2v) is 6.65. The van der Waals surface area contributed by atoms with Crippen LogP contribution in [0.15, 0.2) is 48.5 Å². The highest BCUT2D eigenvalue weighted by molar-refractivity contribution is 5.87. The predicted octanol–water partition coefficient (Wildman–Crippen LogP) is 3.17. The van der Waals surface area contributed by atoms with Crippen LogP contribution in [0.2, 0.25) is 0 Å². The maximum Gasteiger partial charge on any atom is 0.335 e. The lowest BCUT2D eigenvalue weighted by Gasteiger charge is -2.26. The average Bonchev–Trinajstić information content (AvgIpc) is 2.65. The number of carbonyl (C=O) groups excluding carboxylic acids is 1. The van der Waals surface area contributed by atoms with E-state index in [1.165, 1.54) is 12.1 Å². The normalized spacial score (nSPS) is 10.9. The zero-order valence-electron chi connectivity index (χ0n) is 15.2. The molecule has 2 amide bonds. The van der Waals surface area contributed by atoms with Gasteiger partial charge in [0.15, 0.2) is 0 Å². The highest BCUT2D eigenvalue weighted by atomic mass is 16.5. The van der Waals surface area contributed by atoms with Gasteiger partial charge in [-0.2, -0.15) is 0 Å². The summed E-state index contributed by atoms with van der Waals surface area (Å²) in [5.74, 6) is -0.188. The van der Waals surface area contributed by atoms with Crippen LogP contribution < -0.4 is 15.4 Å². The van der Waals surface area contributed by atoms with Crippen LogP contribution in [-0.4, -0.2) is 30.8 Å². The standard InChI is InChI=1S/C20H24N2O4/c1-20(2,16-5-4-6-17(11-16)26-3)13-22-19(25)21-12-14-7-9-15(10-8-14)18(23)24/h4-11H,12-13H2,1-3H3,(H,23,24)(H2,21,22,25). The predicted molar refractivity (Wildman–Crippen MR) is 99.7 cm³/mol. The Hall–Kier alpha value is -3.02. The summed E-state index contributed by atoms with van der Waals surface area (Å²) in [6, 6.07) is 13.9. The van der Waals surface area contributed by atoms with Gasteiger partial charge in [0, 0.05) is 18.5 Å². The maximum absolute atomic E-state index is 12.1. The van der Waals surface area contributed by atoms with Crippen molar-refractivity contribution in [1.82, 2.24) is 10.6 Å². The second-order valence-electron chi connectivity index (χ2n) is 6.65. The molecule has 26 heavy (non-hydrogen) atoms. The van der Waals surface area contributed by atoms with Crippen LogP contribution in [0.5, 0.6) is 5.75 Å². The Labute approximate surface area is 153 Å². The van der Waals surface area contributed by atoms with Crippen molar-refractivity contribution in [3.8, 4) is 5.75 Å². The fraction of sp³-hybridized carbons (Fsp3) is 0.300. The van der Waals surface area contributed by atoms with E-state index in [-0.39, 0.29) is 17.0 Å². The number of methoxy groups -OCH3 is 1. The van der Waals surface area contributed by atoms with Crippen molar-refractivity contribution < 1.29 is 19.4 Å². The Morgan fingerprint density at radius 2 is 1.77 bits per heavy atom. The van der Waals surface area contributed by atoms with E-state index in [1.54, 1.807) is 19.2 Å². The van der Waals surface area contributed by atoms with Crippen molar-refractivity contribution >= 4 is 12.0 Å². The Morgan fingerprint density at radius 1 is 1.08 bits per heavy atom. The molecule has 0 saturated heterocycles. The Kier molecular flexibility index (Phi) is 6.22. The Bertz CT molecular complexity index is 770. The number of ether oxygens (including phenoxy) is 1. The number of carboxylic acid groups (broad SMARTS) is 1. The summed E-state index contributed by atoms with van der Waals surface area (Å²) in [6.07, 6.45) is 0. The fourth-order valence-electron chi connectivity index (χ4n) is 2.46. The number of urea groups is 1. The molecule has 2 rings (SSSR count). The summed E-state index contributed by atoms with van der Waals surface area (Å²) in [6.45, 7) is 4.88. The molecule has 0 saturated carbocycles. The van der Waals surface area contributed by atoms with Gasteiger partial charge in [0.2, 0.25) is 0 Å². The molecule has 2 aromatic rings. The van der Waals surface area contributed by atoms with E-state index >= 15 is 0 Å². The number of carbonyl (C=O) groups is 2. The van der Waals surface area contributed by atoms with Gasteiger partial charge >= 0.3 is 12.0 Å². The number of hydrogen-bond donors (Lipinski definition) is 3. The van der Waals surface area contributed by atoms with E-state index in [0.29, 0.717) is 13.1 Å². The van der Waals surface area contributed by atoms with Crippen molar-refractivity contribution in [2.75, 3.05) is 13.7 Å². The molecule has 3 N–H and O–H groups in total. The molecule has 0 radical (unpaired) electrons. The van der Waals surface area contributed by atoms with E-state index in [9.17, 15) is 9.59 Å². The van der Waals surface area contributed by atoms with Crippen LogP contribution in [0, 0.1) is 0 Å². The largest absolute Gasteiger partial charge is 0.497 e. The summed E-state index contributed by atoms with van der Waals surface area (Å²) in [5.41, 5.74) is 1.87. The average molecular weight is 356 g/mol. The molecule has 0 heterocycles. The molecule has 0 bridgehead atoms. The molecule has 2 aromatic carbocycles. The van der Waals surface area contributed by atoms with Gasteiger partial charge in [-0.25, -0.2) is 9.59 Å². The van der Waals surface area contributed by atoms with Crippen LogP contribution in [0.4, 0.5) is 4.79 Å². The van der Waals surface area contributed by atoms with Crippen LogP contribution >= 0.6 is 0 Å². The van der Waals surface area contributed by atoms with Crippen LogP contribution in [0.3, 0.4) is 0 Å². The van der Waals surface area contributed by atoms with Crippen LogP contribution in [-0.2, 0) is 12.0 Å². The smallest absolute Gasteiger partial charge is 0.335 e. The lowest BCUT2D eigenvalue weighted by Crippen LogP contribution is -2.42. The van der Waals surface area contributed by atoms with Crippen molar-refractivity contribution in [2.45, 2.75) is 25.8 Å². The minimum atomic E-state index is -0.970. The zero-order valence-corrected chi connectivity index (χ0v) is 15.2. The first-order chi connectivity index (χ1) is 12.3. The lowest BCUT2D eigenvalue weighted by molar-refractivity contribution is 0.0697. The van der Waals surface area contributed by atoms with Crippen molar-refractivity contribution in [2.24, 2.45) is 0 Å². The quantitative estimate of drug-likeness (QED) is 0.711. The number of rotatable bonds is 7. The number of hydrogen-bond acceptors (Lipinski definition) is 3. The van der Waals surface area contributed by atoms with E-state index in [1.807, 2.05) is 38.1 Å². The molecule has 138 valence electrons. The SMILES string of the molecule is COc1cccc(C(C)(C)CNC(=O)NCc2ccc(C(=O)O)cc2)c1. The van der Waals surface area contributed by atoms with E-state index in [2.05, 4.69) is 10.6 Å². The molecular weight excluding hydrogens is 332 g/mol. The third kappa shape index (κ3) is 5.24. The summed E-state index contributed by atoms with van der Waals surface area (Å²) >= 11 is 0. The first-order valence-corrected chi connectivity index (χ1v) is 8.30. The second kappa shape index (κ2) is 8.38. The van der Waals surface area contributed by atoms with Crippen molar-refractivity contribution in [3.05, 3.63) is 65.2 Å². The van der Waals surface area contributed by atoms with E-state index in [0.717, 1.165) is 16.9 Å². The Balaban J connectivity index is 1.86. The van der Waals surface area contributed by atoms with Gasteiger partial charge in [-0.15, -0.1) is 0 Å². The van der Waals surface area contributed by atoms with Gasteiger partial charge in [-0.05, 0) is 35.4 Å². The monoisotopic (exact) mass is 356 g/mol. The van der Waals surface area contributed by atoms with Gasteiger partial charge in [-0.3, -0.25) is 0 Å². The highest BCUT2D eigenvalue weighted by Crippen LogP contribution is 2.25. The molecule has 0 atom stereocenters. The van der Waals surface area contributed by atoms with Gasteiger partial charge in [0.25, 0.3) is 0 Å². The zero-order chi connectivity index (χ0) is 19.2. The highest BCUT2D eigenvalue weighted by Gasteiger charge is 2.21. The third-order valence-electron chi connectivity index (χ3n) is 4.20.